The van der Waals surface area contributed by atoms with E-state index in [0.717, 1.165) is 5.56 Å². The summed E-state index contributed by atoms with van der Waals surface area (Å²) in [6.45, 7) is 0.400. The highest BCUT2D eigenvalue weighted by atomic mass is 16.1. The monoisotopic (exact) mass is 166 g/mol. The highest BCUT2D eigenvalue weighted by Crippen LogP contribution is 1.94. The van der Waals surface area contributed by atoms with Crippen LogP contribution in [0.1, 0.15) is 11.4 Å². The van der Waals surface area contributed by atoms with Gasteiger partial charge in [-0.2, -0.15) is 0 Å². The second kappa shape index (κ2) is 3.77. The van der Waals surface area contributed by atoms with E-state index in [1.54, 1.807) is 12.4 Å². The third kappa shape index (κ3) is 2.28. The number of carbonyl (C=O) groups excluding carboxylic acids is 1. The number of aromatic nitrogens is 2. The van der Waals surface area contributed by atoms with Crippen LogP contribution < -0.4 is 11.5 Å². The third-order valence-electron chi connectivity index (χ3n) is 1.33. The van der Waals surface area contributed by atoms with Gasteiger partial charge in [0, 0.05) is 24.5 Å². The Bertz CT molecular complexity index is 269. The lowest BCUT2D eigenvalue weighted by Gasteiger charge is -1.97. The normalized spacial score (nSPS) is 9.75. The van der Waals surface area contributed by atoms with Crippen molar-refractivity contribution in [3.05, 3.63) is 23.8 Å². The molecule has 0 aliphatic rings. The molecule has 4 N–H and O–H groups in total. The summed E-state index contributed by atoms with van der Waals surface area (Å²) in [5.41, 5.74) is 11.1. The first-order chi connectivity index (χ1) is 5.72. The topological polar surface area (TPSA) is 94.9 Å². The third-order valence-corrected chi connectivity index (χ3v) is 1.33. The molecule has 12 heavy (non-hydrogen) atoms. The maximum Gasteiger partial charge on any atom is 0.225 e. The maximum atomic E-state index is 10.4. The second-order valence-corrected chi connectivity index (χ2v) is 2.35. The lowest BCUT2D eigenvalue weighted by molar-refractivity contribution is -0.117. The van der Waals surface area contributed by atoms with Crippen LogP contribution in [-0.4, -0.2) is 15.9 Å². The van der Waals surface area contributed by atoms with Crippen molar-refractivity contribution in [2.75, 3.05) is 0 Å². The Balaban J connectivity index is 2.71. The fraction of sp³-hybridized carbons (Fsp3) is 0.286. The van der Waals surface area contributed by atoms with E-state index in [-0.39, 0.29) is 6.42 Å². The molecule has 0 saturated carbocycles. The van der Waals surface area contributed by atoms with Crippen molar-refractivity contribution in [2.24, 2.45) is 11.5 Å². The van der Waals surface area contributed by atoms with E-state index in [0.29, 0.717) is 12.4 Å². The molecule has 0 radical (unpaired) electrons. The van der Waals surface area contributed by atoms with Gasteiger partial charge >= 0.3 is 0 Å². The first-order valence-corrected chi connectivity index (χ1v) is 3.50. The van der Waals surface area contributed by atoms with E-state index in [1.165, 1.54) is 0 Å². The number of amides is 1. The van der Waals surface area contributed by atoms with Crippen LogP contribution in [-0.2, 0) is 17.8 Å². The number of hydrogen-bond donors (Lipinski definition) is 2. The molecule has 1 aromatic rings. The molecule has 0 unspecified atom stereocenters. The van der Waals surface area contributed by atoms with Gasteiger partial charge in [-0.15, -0.1) is 0 Å². The van der Waals surface area contributed by atoms with Gasteiger partial charge in [0.15, 0.2) is 0 Å². The molecule has 0 saturated heterocycles. The van der Waals surface area contributed by atoms with Crippen LogP contribution in [0.3, 0.4) is 0 Å². The average Bonchev–Trinajstić information content (AvgIpc) is 2.05. The average molecular weight is 166 g/mol. The Kier molecular flexibility index (Phi) is 2.71. The molecule has 1 amide bonds. The Hall–Kier alpha value is -1.49. The van der Waals surface area contributed by atoms with Gasteiger partial charge < -0.3 is 11.5 Å². The van der Waals surface area contributed by atoms with Crippen molar-refractivity contribution in [3.8, 4) is 0 Å². The standard InChI is InChI=1S/C7H10N4O/c8-2-5-3-10-7(11-4-5)1-6(9)12/h3-4H,1-2,8H2,(H2,9,12). The Morgan fingerprint density at radius 2 is 2.00 bits per heavy atom. The summed E-state index contributed by atoms with van der Waals surface area (Å²) < 4.78 is 0. The summed E-state index contributed by atoms with van der Waals surface area (Å²) in [6.07, 6.45) is 3.25. The summed E-state index contributed by atoms with van der Waals surface area (Å²) in [5.74, 6) is -0.00445. The first-order valence-electron chi connectivity index (χ1n) is 3.50. The fourth-order valence-corrected chi connectivity index (χ4v) is 0.734. The van der Waals surface area contributed by atoms with Crippen LogP contribution in [0.25, 0.3) is 0 Å². The molecule has 0 spiro atoms. The quantitative estimate of drug-likeness (QED) is 0.599. The highest BCUT2D eigenvalue weighted by molar-refractivity contribution is 5.75. The number of primary amides is 1. The number of hydrogen-bond acceptors (Lipinski definition) is 4. The van der Waals surface area contributed by atoms with Crippen molar-refractivity contribution in [3.63, 3.8) is 0 Å². The van der Waals surface area contributed by atoms with Gasteiger partial charge in [-0.1, -0.05) is 0 Å². The van der Waals surface area contributed by atoms with Crippen molar-refractivity contribution >= 4 is 5.91 Å². The Labute approximate surface area is 69.8 Å². The van der Waals surface area contributed by atoms with E-state index >= 15 is 0 Å². The molecule has 0 bridgehead atoms. The molecule has 0 aliphatic heterocycles. The van der Waals surface area contributed by atoms with Gasteiger partial charge in [0.05, 0.1) is 6.42 Å². The van der Waals surface area contributed by atoms with Gasteiger partial charge in [-0.25, -0.2) is 9.97 Å². The van der Waals surface area contributed by atoms with Gasteiger partial charge in [-0.3, -0.25) is 4.79 Å². The molecule has 5 heteroatoms. The summed E-state index contributed by atoms with van der Waals surface area (Å²) in [7, 11) is 0. The summed E-state index contributed by atoms with van der Waals surface area (Å²) in [6, 6.07) is 0. The minimum absolute atomic E-state index is 0.0743. The minimum Gasteiger partial charge on any atom is -0.369 e. The fourth-order valence-electron chi connectivity index (χ4n) is 0.734. The van der Waals surface area contributed by atoms with Crippen LogP contribution in [0.2, 0.25) is 0 Å². The smallest absolute Gasteiger partial charge is 0.225 e. The van der Waals surface area contributed by atoms with Crippen LogP contribution >= 0.6 is 0 Å². The molecule has 0 atom stereocenters. The molecule has 1 aromatic heterocycles. The molecular weight excluding hydrogens is 156 g/mol. The minimum atomic E-state index is -0.435. The van der Waals surface area contributed by atoms with E-state index in [2.05, 4.69) is 9.97 Å². The zero-order valence-corrected chi connectivity index (χ0v) is 6.53. The van der Waals surface area contributed by atoms with E-state index in [4.69, 9.17) is 11.5 Å². The lowest BCUT2D eigenvalue weighted by atomic mass is 10.3. The summed E-state index contributed by atoms with van der Waals surface area (Å²) in [5, 5.41) is 0. The number of nitrogens with zero attached hydrogens (tertiary/aromatic N) is 2. The molecule has 1 rings (SSSR count). The van der Waals surface area contributed by atoms with E-state index in [1.807, 2.05) is 0 Å². The number of rotatable bonds is 3. The van der Waals surface area contributed by atoms with Gasteiger partial charge in [0.2, 0.25) is 5.91 Å². The van der Waals surface area contributed by atoms with Crippen molar-refractivity contribution < 1.29 is 4.79 Å². The SMILES string of the molecule is NCc1cnc(CC(N)=O)nc1. The maximum absolute atomic E-state index is 10.4. The van der Waals surface area contributed by atoms with Gasteiger partial charge in [-0.05, 0) is 0 Å². The molecule has 5 nitrogen and oxygen atoms in total. The van der Waals surface area contributed by atoms with E-state index < -0.39 is 5.91 Å². The van der Waals surface area contributed by atoms with Gasteiger partial charge in [0.25, 0.3) is 0 Å². The first kappa shape index (κ1) is 8.61. The molecule has 0 aliphatic carbocycles. The zero-order chi connectivity index (χ0) is 8.97. The van der Waals surface area contributed by atoms with Crippen LogP contribution in [0, 0.1) is 0 Å². The van der Waals surface area contributed by atoms with Crippen molar-refractivity contribution in [1.29, 1.82) is 0 Å². The van der Waals surface area contributed by atoms with Gasteiger partial charge in [0.1, 0.15) is 5.82 Å². The summed E-state index contributed by atoms with van der Waals surface area (Å²) >= 11 is 0. The van der Waals surface area contributed by atoms with Crippen LogP contribution in [0.4, 0.5) is 0 Å². The van der Waals surface area contributed by atoms with E-state index in [9.17, 15) is 4.79 Å². The Morgan fingerprint density at radius 3 is 2.42 bits per heavy atom. The number of nitrogens with two attached hydrogens (primary N) is 2. The molecule has 64 valence electrons. The van der Waals surface area contributed by atoms with Crippen molar-refractivity contribution in [2.45, 2.75) is 13.0 Å². The van der Waals surface area contributed by atoms with Crippen LogP contribution in [0.5, 0.6) is 0 Å². The number of carbonyl (C=O) groups is 1. The molecule has 0 aromatic carbocycles. The van der Waals surface area contributed by atoms with Crippen LogP contribution in [0.15, 0.2) is 12.4 Å². The second-order valence-electron chi connectivity index (χ2n) is 2.35. The molecule has 0 fully saturated rings. The predicted molar refractivity (Wildman–Crippen MR) is 42.8 cm³/mol. The largest absolute Gasteiger partial charge is 0.369 e. The molecule has 1 heterocycles. The van der Waals surface area contributed by atoms with Crippen molar-refractivity contribution in [1.82, 2.24) is 9.97 Å². The predicted octanol–water partition coefficient (Wildman–Crippen LogP) is -1.04. The lowest BCUT2D eigenvalue weighted by Crippen LogP contribution is -2.15. The Morgan fingerprint density at radius 1 is 1.42 bits per heavy atom. The zero-order valence-electron chi connectivity index (χ0n) is 6.53. The molecular formula is C7H10N4O. The summed E-state index contributed by atoms with van der Waals surface area (Å²) in [4.78, 5) is 18.2. The highest BCUT2D eigenvalue weighted by Gasteiger charge is 2.00.